The Balaban J connectivity index is 0.000000243. The van der Waals surface area contributed by atoms with Crippen LogP contribution in [0.15, 0.2) is 54.6 Å². The van der Waals surface area contributed by atoms with E-state index in [0.29, 0.717) is 6.29 Å². The Labute approximate surface area is 139 Å². The third kappa shape index (κ3) is 6.30. The van der Waals surface area contributed by atoms with Gasteiger partial charge in [-0.2, -0.15) is 5.26 Å². The summed E-state index contributed by atoms with van der Waals surface area (Å²) in [5.74, 6) is -1.48. The maximum atomic E-state index is 10.4. The summed E-state index contributed by atoms with van der Waals surface area (Å²) in [6.45, 7) is 0. The maximum Gasteiger partial charge on any atom is 0.320 e. The average molecular weight is 326 g/mol. The van der Waals surface area contributed by atoms with E-state index in [1.165, 1.54) is 12.1 Å². The van der Waals surface area contributed by atoms with Crippen molar-refractivity contribution in [3.05, 3.63) is 65.7 Å². The smallest absolute Gasteiger partial charge is 0.320 e. The van der Waals surface area contributed by atoms with E-state index in [1.807, 2.05) is 24.3 Å². The number of carboxylic acids is 1. The summed E-state index contributed by atoms with van der Waals surface area (Å²) in [5, 5.41) is 26.0. The second-order valence-electron chi connectivity index (χ2n) is 4.97. The van der Waals surface area contributed by atoms with E-state index in [1.54, 1.807) is 24.3 Å². The standard InChI is InChI=1S/C9H11NO3.C9H7NO/c10-8(9(12)13)5-6-1-3-7(11)4-2-6;10-6-9(7-11)8-4-2-1-3-5-8/h1-4,8,11H,5,10H2,(H,12,13);1-5,7,9H. The van der Waals surface area contributed by atoms with Crippen LogP contribution in [-0.4, -0.2) is 28.5 Å². The molecule has 0 amide bonds. The summed E-state index contributed by atoms with van der Waals surface area (Å²) in [6, 6.07) is 16.3. The highest BCUT2D eigenvalue weighted by Gasteiger charge is 2.11. The van der Waals surface area contributed by atoms with Crippen molar-refractivity contribution in [2.24, 2.45) is 5.73 Å². The molecular weight excluding hydrogens is 308 g/mol. The first kappa shape index (κ1) is 18.9. The Hall–Kier alpha value is -3.17. The summed E-state index contributed by atoms with van der Waals surface area (Å²) >= 11 is 0. The minimum atomic E-state index is -1.02. The van der Waals surface area contributed by atoms with Crippen molar-refractivity contribution < 1.29 is 19.8 Å². The predicted octanol–water partition coefficient (Wildman–Crippen LogP) is 1.84. The summed E-state index contributed by atoms with van der Waals surface area (Å²) in [6.07, 6.45) is 0.922. The van der Waals surface area contributed by atoms with Gasteiger partial charge in [0.2, 0.25) is 0 Å². The molecule has 0 saturated carbocycles. The van der Waals surface area contributed by atoms with Crippen LogP contribution in [0.3, 0.4) is 0 Å². The molecule has 0 heterocycles. The van der Waals surface area contributed by atoms with Gasteiger partial charge in [0.15, 0.2) is 0 Å². The van der Waals surface area contributed by atoms with Gasteiger partial charge in [0, 0.05) is 0 Å². The number of nitriles is 1. The van der Waals surface area contributed by atoms with Gasteiger partial charge >= 0.3 is 5.97 Å². The summed E-state index contributed by atoms with van der Waals surface area (Å²) < 4.78 is 0. The van der Waals surface area contributed by atoms with E-state index in [-0.39, 0.29) is 12.2 Å². The Morgan fingerprint density at radius 2 is 1.75 bits per heavy atom. The Bertz CT molecular complexity index is 693. The first-order chi connectivity index (χ1) is 11.5. The molecule has 2 atom stereocenters. The molecule has 0 saturated heterocycles. The lowest BCUT2D eigenvalue weighted by molar-refractivity contribution is -0.138. The SMILES string of the molecule is N#CC(C=O)c1ccccc1.NC(Cc1ccc(O)cc1)C(=O)O. The molecule has 0 radical (unpaired) electrons. The fourth-order valence-electron chi connectivity index (χ4n) is 1.82. The van der Waals surface area contributed by atoms with Gasteiger partial charge in [-0.3, -0.25) is 4.79 Å². The van der Waals surface area contributed by atoms with Gasteiger partial charge in [0.1, 0.15) is 24.0 Å². The molecule has 2 rings (SSSR count). The molecule has 6 nitrogen and oxygen atoms in total. The third-order valence-corrected chi connectivity index (χ3v) is 3.14. The number of benzene rings is 2. The Morgan fingerprint density at radius 1 is 1.17 bits per heavy atom. The molecule has 0 aliphatic heterocycles. The van der Waals surface area contributed by atoms with Gasteiger partial charge in [-0.15, -0.1) is 0 Å². The number of aromatic hydroxyl groups is 1. The molecule has 0 aliphatic carbocycles. The fourth-order valence-corrected chi connectivity index (χ4v) is 1.82. The quantitative estimate of drug-likeness (QED) is 0.720. The van der Waals surface area contributed by atoms with E-state index in [2.05, 4.69) is 0 Å². The molecule has 6 heteroatoms. The van der Waals surface area contributed by atoms with Crippen LogP contribution in [-0.2, 0) is 16.0 Å². The first-order valence-corrected chi connectivity index (χ1v) is 7.14. The van der Waals surface area contributed by atoms with Crippen molar-refractivity contribution in [1.82, 2.24) is 0 Å². The van der Waals surface area contributed by atoms with Gasteiger partial charge in [0.25, 0.3) is 0 Å². The summed E-state index contributed by atoms with van der Waals surface area (Å²) in [4.78, 5) is 20.7. The number of nitrogens with zero attached hydrogens (tertiary/aromatic N) is 1. The second-order valence-corrected chi connectivity index (χ2v) is 4.97. The number of carbonyl (C=O) groups excluding carboxylic acids is 1. The molecule has 2 aromatic rings. The van der Waals surface area contributed by atoms with Crippen molar-refractivity contribution in [2.45, 2.75) is 18.4 Å². The largest absolute Gasteiger partial charge is 0.508 e. The summed E-state index contributed by atoms with van der Waals surface area (Å²) in [7, 11) is 0. The van der Waals surface area contributed by atoms with Crippen molar-refractivity contribution in [3.63, 3.8) is 0 Å². The van der Waals surface area contributed by atoms with Gasteiger partial charge in [-0.25, -0.2) is 0 Å². The zero-order chi connectivity index (χ0) is 17.9. The van der Waals surface area contributed by atoms with E-state index in [9.17, 15) is 9.59 Å². The lowest BCUT2D eigenvalue weighted by atomic mass is 10.0. The number of nitrogens with two attached hydrogens (primary N) is 1. The normalized spacial score (nSPS) is 12.0. The number of phenolic OH excluding ortho intramolecular Hbond substituents is 1. The zero-order valence-electron chi connectivity index (χ0n) is 12.9. The zero-order valence-corrected chi connectivity index (χ0v) is 12.9. The number of carbonyl (C=O) groups is 2. The minimum Gasteiger partial charge on any atom is -0.508 e. The van der Waals surface area contributed by atoms with Crippen molar-refractivity contribution >= 4 is 12.3 Å². The molecule has 0 aliphatic rings. The Kier molecular flexibility index (Phi) is 7.68. The number of hydrogen-bond donors (Lipinski definition) is 3. The molecular formula is C18H18N2O4. The van der Waals surface area contributed by atoms with Crippen LogP contribution < -0.4 is 5.73 Å². The third-order valence-electron chi connectivity index (χ3n) is 3.14. The van der Waals surface area contributed by atoms with Crippen molar-refractivity contribution in [1.29, 1.82) is 5.26 Å². The van der Waals surface area contributed by atoms with Gasteiger partial charge in [-0.05, 0) is 29.7 Å². The van der Waals surface area contributed by atoms with Gasteiger partial charge in [0.05, 0.1) is 6.07 Å². The van der Waals surface area contributed by atoms with Crippen LogP contribution in [0.2, 0.25) is 0 Å². The average Bonchev–Trinajstić information content (AvgIpc) is 2.59. The highest BCUT2D eigenvalue weighted by molar-refractivity contribution is 5.73. The number of aldehydes is 1. The number of hydrogen-bond acceptors (Lipinski definition) is 5. The van der Waals surface area contributed by atoms with Crippen LogP contribution in [0, 0.1) is 11.3 Å². The van der Waals surface area contributed by atoms with Crippen LogP contribution in [0.5, 0.6) is 5.75 Å². The molecule has 24 heavy (non-hydrogen) atoms. The number of aliphatic carboxylic acids is 1. The summed E-state index contributed by atoms with van der Waals surface area (Å²) in [5.41, 5.74) is 6.88. The minimum absolute atomic E-state index is 0.160. The lowest BCUT2D eigenvalue weighted by Crippen LogP contribution is -2.32. The topological polar surface area (TPSA) is 124 Å². The van der Waals surface area contributed by atoms with E-state index in [4.69, 9.17) is 21.2 Å². The van der Waals surface area contributed by atoms with Crippen LogP contribution in [0.1, 0.15) is 17.0 Å². The molecule has 2 aromatic carbocycles. The maximum absolute atomic E-state index is 10.4. The molecule has 124 valence electrons. The van der Waals surface area contributed by atoms with Gasteiger partial charge in [-0.1, -0.05) is 42.5 Å². The highest BCUT2D eigenvalue weighted by Crippen LogP contribution is 2.11. The predicted molar refractivity (Wildman–Crippen MR) is 88.3 cm³/mol. The lowest BCUT2D eigenvalue weighted by Gasteiger charge is -2.05. The van der Waals surface area contributed by atoms with E-state index >= 15 is 0 Å². The van der Waals surface area contributed by atoms with Crippen LogP contribution in [0.4, 0.5) is 0 Å². The van der Waals surface area contributed by atoms with Crippen molar-refractivity contribution in [2.75, 3.05) is 0 Å². The molecule has 0 fully saturated rings. The molecule has 0 aromatic heterocycles. The monoisotopic (exact) mass is 326 g/mol. The number of phenols is 1. The van der Waals surface area contributed by atoms with E-state index in [0.717, 1.165) is 11.1 Å². The van der Waals surface area contributed by atoms with Crippen LogP contribution >= 0.6 is 0 Å². The Morgan fingerprint density at radius 3 is 2.21 bits per heavy atom. The van der Waals surface area contributed by atoms with Crippen LogP contribution in [0.25, 0.3) is 0 Å². The molecule has 0 bridgehead atoms. The number of carboxylic acid groups (broad SMARTS) is 1. The number of rotatable bonds is 5. The second kappa shape index (κ2) is 9.77. The first-order valence-electron chi connectivity index (χ1n) is 7.14. The van der Waals surface area contributed by atoms with Crippen molar-refractivity contribution in [3.8, 4) is 11.8 Å². The molecule has 4 N–H and O–H groups in total. The highest BCUT2D eigenvalue weighted by atomic mass is 16.4. The fraction of sp³-hybridized carbons (Fsp3) is 0.167. The van der Waals surface area contributed by atoms with E-state index < -0.39 is 17.9 Å². The molecule has 0 spiro atoms. The van der Waals surface area contributed by atoms with Gasteiger partial charge < -0.3 is 20.7 Å². The molecule has 2 unspecified atom stereocenters.